The lowest BCUT2D eigenvalue weighted by Crippen LogP contribution is -2.34. The lowest BCUT2D eigenvalue weighted by Gasteiger charge is -2.35. The van der Waals surface area contributed by atoms with Crippen molar-refractivity contribution in [3.63, 3.8) is 0 Å². The highest BCUT2D eigenvalue weighted by Gasteiger charge is 2.43. The number of methoxy groups -OCH3 is 1. The maximum atomic E-state index is 5.79. The van der Waals surface area contributed by atoms with Gasteiger partial charge < -0.3 is 4.74 Å². The minimum atomic E-state index is 0.0487. The van der Waals surface area contributed by atoms with E-state index in [4.69, 9.17) is 4.74 Å². The standard InChI is InChI=1S/C17H22O/c1-17-14(5-3-4-6-16(17)18-2)11-12-15(17)10-9-13-7-8-13/h11-13,16H,3-8H2,1-2H3/t16-,17?/m1/s1. The van der Waals surface area contributed by atoms with Crippen molar-refractivity contribution >= 4 is 0 Å². The van der Waals surface area contributed by atoms with Gasteiger partial charge in [-0.2, -0.15) is 0 Å². The van der Waals surface area contributed by atoms with Gasteiger partial charge in [0, 0.05) is 24.0 Å². The van der Waals surface area contributed by atoms with Gasteiger partial charge in [0.1, 0.15) is 0 Å². The molecule has 2 fully saturated rings. The number of allylic oxidation sites excluding steroid dienone is 2. The molecule has 0 spiro atoms. The summed E-state index contributed by atoms with van der Waals surface area (Å²) in [6, 6.07) is 0. The summed E-state index contributed by atoms with van der Waals surface area (Å²) in [6.07, 6.45) is 12.4. The Morgan fingerprint density at radius 2 is 2.06 bits per heavy atom. The van der Waals surface area contributed by atoms with Gasteiger partial charge in [0.15, 0.2) is 0 Å². The molecule has 1 heteroatoms. The molecular weight excluding hydrogens is 220 g/mol. The molecule has 3 aliphatic carbocycles. The molecule has 3 aliphatic rings. The summed E-state index contributed by atoms with van der Waals surface area (Å²) in [4.78, 5) is 0. The number of rotatable bonds is 1. The smallest absolute Gasteiger partial charge is 0.0709 e. The summed E-state index contributed by atoms with van der Waals surface area (Å²) in [5, 5.41) is 0. The lowest BCUT2D eigenvalue weighted by molar-refractivity contribution is 0.0334. The Bertz CT molecular complexity index is 456. The molecule has 3 rings (SSSR count). The van der Waals surface area contributed by atoms with Gasteiger partial charge >= 0.3 is 0 Å². The first-order valence-corrected chi connectivity index (χ1v) is 7.21. The van der Waals surface area contributed by atoms with Gasteiger partial charge in [0.25, 0.3) is 0 Å². The van der Waals surface area contributed by atoms with E-state index < -0.39 is 0 Å². The first kappa shape index (κ1) is 12.1. The molecule has 0 aromatic carbocycles. The Hall–Kier alpha value is -1.00. The number of hydrogen-bond donors (Lipinski definition) is 0. The second-order valence-corrected chi connectivity index (χ2v) is 5.99. The van der Waals surface area contributed by atoms with E-state index in [0.29, 0.717) is 12.0 Å². The third kappa shape index (κ3) is 1.93. The fourth-order valence-corrected chi connectivity index (χ4v) is 3.29. The molecule has 18 heavy (non-hydrogen) atoms. The third-order valence-corrected chi connectivity index (χ3v) is 4.76. The van der Waals surface area contributed by atoms with Crippen LogP contribution in [0.1, 0.15) is 45.4 Å². The maximum absolute atomic E-state index is 5.79. The number of fused-ring (bicyclic) bond motifs is 1. The highest BCUT2D eigenvalue weighted by atomic mass is 16.5. The van der Waals surface area contributed by atoms with Crippen molar-refractivity contribution in [1.82, 2.24) is 0 Å². The number of hydrogen-bond acceptors (Lipinski definition) is 1. The van der Waals surface area contributed by atoms with E-state index in [1.54, 1.807) is 0 Å². The highest BCUT2D eigenvalue weighted by Crippen LogP contribution is 2.49. The topological polar surface area (TPSA) is 9.23 Å². The second-order valence-electron chi connectivity index (χ2n) is 5.99. The van der Waals surface area contributed by atoms with Crippen LogP contribution in [0, 0.1) is 23.2 Å². The van der Waals surface area contributed by atoms with Crippen LogP contribution in [-0.2, 0) is 4.74 Å². The average molecular weight is 242 g/mol. The molecule has 2 atom stereocenters. The van der Waals surface area contributed by atoms with E-state index in [1.807, 2.05) is 7.11 Å². The third-order valence-electron chi connectivity index (χ3n) is 4.76. The zero-order chi connectivity index (χ0) is 12.6. The molecule has 0 N–H and O–H groups in total. The van der Waals surface area contributed by atoms with Gasteiger partial charge in [-0.3, -0.25) is 0 Å². The van der Waals surface area contributed by atoms with E-state index in [1.165, 1.54) is 43.3 Å². The Balaban J connectivity index is 1.91. The Labute approximate surface area is 110 Å². The second kappa shape index (κ2) is 4.59. The van der Waals surface area contributed by atoms with Crippen molar-refractivity contribution in [2.45, 2.75) is 51.6 Å². The van der Waals surface area contributed by atoms with Crippen molar-refractivity contribution in [3.05, 3.63) is 23.3 Å². The van der Waals surface area contributed by atoms with Crippen LogP contribution in [-0.4, -0.2) is 13.2 Å². The van der Waals surface area contributed by atoms with Crippen LogP contribution in [0.4, 0.5) is 0 Å². The molecular formula is C17H22O. The van der Waals surface area contributed by atoms with Crippen LogP contribution in [0.2, 0.25) is 0 Å². The molecule has 0 radical (unpaired) electrons. The molecule has 0 aromatic heterocycles. The fraction of sp³-hybridized carbons (Fsp3) is 0.647. The molecule has 0 saturated heterocycles. The minimum Gasteiger partial charge on any atom is -0.380 e. The minimum absolute atomic E-state index is 0.0487. The fourth-order valence-electron chi connectivity index (χ4n) is 3.29. The summed E-state index contributed by atoms with van der Waals surface area (Å²) in [5.74, 6) is 7.54. The van der Waals surface area contributed by atoms with E-state index in [-0.39, 0.29) is 5.41 Å². The maximum Gasteiger partial charge on any atom is 0.0709 e. The van der Waals surface area contributed by atoms with Crippen LogP contribution >= 0.6 is 0 Å². The van der Waals surface area contributed by atoms with E-state index in [0.717, 1.165) is 6.42 Å². The summed E-state index contributed by atoms with van der Waals surface area (Å²) in [6.45, 7) is 2.33. The zero-order valence-electron chi connectivity index (χ0n) is 11.5. The van der Waals surface area contributed by atoms with Crippen molar-refractivity contribution < 1.29 is 4.74 Å². The summed E-state index contributed by atoms with van der Waals surface area (Å²) in [7, 11) is 1.85. The monoisotopic (exact) mass is 242 g/mol. The molecule has 2 saturated carbocycles. The first-order valence-electron chi connectivity index (χ1n) is 7.21. The molecule has 0 amide bonds. The van der Waals surface area contributed by atoms with Crippen molar-refractivity contribution in [1.29, 1.82) is 0 Å². The largest absolute Gasteiger partial charge is 0.380 e. The Kier molecular flexibility index (Phi) is 3.08. The molecule has 0 heterocycles. The Morgan fingerprint density at radius 1 is 1.22 bits per heavy atom. The molecule has 1 unspecified atom stereocenters. The summed E-state index contributed by atoms with van der Waals surface area (Å²) < 4.78 is 5.79. The van der Waals surface area contributed by atoms with Crippen molar-refractivity contribution in [3.8, 4) is 11.8 Å². The van der Waals surface area contributed by atoms with Gasteiger partial charge in [0.2, 0.25) is 0 Å². The van der Waals surface area contributed by atoms with Gasteiger partial charge in [-0.25, -0.2) is 0 Å². The average Bonchev–Trinajstić information content (AvgIpc) is 3.15. The predicted octanol–water partition coefficient (Wildman–Crippen LogP) is 3.86. The normalized spacial score (nSPS) is 34.9. The van der Waals surface area contributed by atoms with Gasteiger partial charge in [-0.15, -0.1) is 0 Å². The van der Waals surface area contributed by atoms with Crippen LogP contribution < -0.4 is 0 Å². The SMILES string of the molecule is CO[C@@H]1CCCCC2=CC=C(C#CC3CC3)C21C. The molecule has 0 bridgehead atoms. The van der Waals surface area contributed by atoms with Gasteiger partial charge in [0.05, 0.1) is 6.10 Å². The molecule has 0 aliphatic heterocycles. The predicted molar refractivity (Wildman–Crippen MR) is 74.0 cm³/mol. The van der Waals surface area contributed by atoms with Crippen LogP contribution in [0.15, 0.2) is 23.3 Å². The summed E-state index contributed by atoms with van der Waals surface area (Å²) >= 11 is 0. The van der Waals surface area contributed by atoms with E-state index in [2.05, 4.69) is 30.9 Å². The lowest BCUT2D eigenvalue weighted by atomic mass is 9.73. The highest BCUT2D eigenvalue weighted by molar-refractivity contribution is 5.51. The summed E-state index contributed by atoms with van der Waals surface area (Å²) in [5.41, 5.74) is 2.87. The zero-order valence-corrected chi connectivity index (χ0v) is 11.5. The van der Waals surface area contributed by atoms with Crippen LogP contribution in [0.5, 0.6) is 0 Å². The molecule has 96 valence electrons. The Morgan fingerprint density at radius 3 is 2.78 bits per heavy atom. The first-order chi connectivity index (χ1) is 8.75. The van der Waals surface area contributed by atoms with Crippen LogP contribution in [0.3, 0.4) is 0 Å². The van der Waals surface area contributed by atoms with Gasteiger partial charge in [-0.1, -0.05) is 29.9 Å². The van der Waals surface area contributed by atoms with Crippen molar-refractivity contribution in [2.24, 2.45) is 11.3 Å². The molecule has 0 aromatic rings. The van der Waals surface area contributed by atoms with E-state index >= 15 is 0 Å². The van der Waals surface area contributed by atoms with E-state index in [9.17, 15) is 0 Å². The molecule has 1 nitrogen and oxygen atoms in total. The van der Waals surface area contributed by atoms with Gasteiger partial charge in [-0.05, 0) is 45.1 Å². The van der Waals surface area contributed by atoms with Crippen LogP contribution in [0.25, 0.3) is 0 Å². The van der Waals surface area contributed by atoms with Crippen molar-refractivity contribution in [2.75, 3.05) is 7.11 Å². The number of ether oxygens (including phenoxy) is 1. The quantitative estimate of drug-likeness (QED) is 0.634.